The topological polar surface area (TPSA) is 132 Å². The summed E-state index contributed by atoms with van der Waals surface area (Å²) in [5, 5.41) is 5.68. The molecular weight excluding hydrogens is 524 g/mol. The molecule has 0 radical (unpaired) electrons. The first-order valence-corrected chi connectivity index (χ1v) is 14.6. The van der Waals surface area contributed by atoms with Crippen LogP contribution in [0.4, 0.5) is 5.69 Å². The van der Waals surface area contributed by atoms with Crippen molar-refractivity contribution in [3.8, 4) is 5.75 Å². The summed E-state index contributed by atoms with van der Waals surface area (Å²) < 4.78 is 17.2. The molecule has 41 heavy (non-hydrogen) atoms. The van der Waals surface area contributed by atoms with Crippen LogP contribution in [0, 0.1) is 0 Å². The van der Waals surface area contributed by atoms with Gasteiger partial charge in [0.2, 0.25) is 11.8 Å². The van der Waals surface area contributed by atoms with Crippen molar-refractivity contribution in [2.75, 3.05) is 44.9 Å². The van der Waals surface area contributed by atoms with Crippen LogP contribution in [0.1, 0.15) is 73.0 Å². The summed E-state index contributed by atoms with van der Waals surface area (Å²) in [5.41, 5.74) is 9.32. The second-order valence-corrected chi connectivity index (χ2v) is 10.5. The zero-order valence-electron chi connectivity index (χ0n) is 23.9. The van der Waals surface area contributed by atoms with Crippen LogP contribution in [-0.4, -0.2) is 68.2 Å². The molecule has 1 unspecified atom stereocenters. The van der Waals surface area contributed by atoms with Gasteiger partial charge in [-0.25, -0.2) is 0 Å². The highest BCUT2D eigenvalue weighted by Gasteiger charge is 2.39. The lowest BCUT2D eigenvalue weighted by molar-refractivity contribution is -0.136. The number of imide groups is 1. The van der Waals surface area contributed by atoms with Crippen LogP contribution in [0.15, 0.2) is 42.5 Å². The number of nitrogens with one attached hydrogen (secondary N) is 2. The molecule has 222 valence electrons. The SMILES string of the molecule is C[C@@H](N)c1cccc(OCCCCCCOCCOCCNc2cccc3c2CN(C2CCC(=O)NC2=O)C3=O)c1. The summed E-state index contributed by atoms with van der Waals surface area (Å²) in [7, 11) is 0. The average Bonchev–Trinajstić information content (AvgIpc) is 3.30. The Balaban J connectivity index is 1.02. The minimum Gasteiger partial charge on any atom is -0.494 e. The molecule has 10 heteroatoms. The molecule has 0 saturated carbocycles. The quantitative estimate of drug-likeness (QED) is 0.196. The molecule has 0 aliphatic carbocycles. The van der Waals surface area contributed by atoms with E-state index < -0.39 is 11.9 Å². The van der Waals surface area contributed by atoms with Gasteiger partial charge in [0.1, 0.15) is 11.8 Å². The molecular formula is C31H42N4O6. The zero-order chi connectivity index (χ0) is 29.0. The molecule has 2 aliphatic rings. The van der Waals surface area contributed by atoms with Crippen LogP contribution >= 0.6 is 0 Å². The van der Waals surface area contributed by atoms with Gasteiger partial charge in [-0.2, -0.15) is 0 Å². The summed E-state index contributed by atoms with van der Waals surface area (Å²) in [6, 6.07) is 12.9. The van der Waals surface area contributed by atoms with E-state index in [1.54, 1.807) is 11.0 Å². The largest absolute Gasteiger partial charge is 0.494 e. The summed E-state index contributed by atoms with van der Waals surface area (Å²) >= 11 is 0. The fraction of sp³-hybridized carbons (Fsp3) is 0.516. The van der Waals surface area contributed by atoms with Gasteiger partial charge in [0.05, 0.1) is 26.4 Å². The fourth-order valence-corrected chi connectivity index (χ4v) is 5.07. The molecule has 2 atom stereocenters. The fourth-order valence-electron chi connectivity index (χ4n) is 5.07. The second-order valence-electron chi connectivity index (χ2n) is 10.5. The summed E-state index contributed by atoms with van der Waals surface area (Å²) in [4.78, 5) is 38.2. The standard InChI is InChI=1S/C31H42N4O6/c1-22(32)23-8-6-9-24(20-23)41-16-5-3-2-4-15-39-18-19-40-17-14-33-27-11-7-10-25-26(27)21-35(31(25)38)28-12-13-29(36)34-30(28)37/h6-11,20,22,28,33H,2-5,12-19,21,32H2,1H3,(H,34,36,37)/t22-,28?/m1/s1. The van der Waals surface area contributed by atoms with Crippen molar-refractivity contribution in [1.29, 1.82) is 0 Å². The molecule has 2 aromatic rings. The lowest BCUT2D eigenvalue weighted by atomic mass is 10.0. The van der Waals surface area contributed by atoms with Crippen molar-refractivity contribution in [3.05, 3.63) is 59.2 Å². The van der Waals surface area contributed by atoms with Gasteiger partial charge in [-0.1, -0.05) is 24.6 Å². The van der Waals surface area contributed by atoms with Crippen molar-refractivity contribution in [3.63, 3.8) is 0 Å². The molecule has 1 fully saturated rings. The number of rotatable bonds is 17. The van der Waals surface area contributed by atoms with E-state index in [1.807, 2.05) is 43.3 Å². The maximum atomic E-state index is 12.9. The molecule has 0 spiro atoms. The smallest absolute Gasteiger partial charge is 0.255 e. The van der Waals surface area contributed by atoms with E-state index in [1.165, 1.54) is 0 Å². The van der Waals surface area contributed by atoms with Crippen LogP contribution < -0.4 is 21.1 Å². The minimum absolute atomic E-state index is 0.00505. The molecule has 2 aliphatic heterocycles. The molecule has 4 rings (SSSR count). The number of ether oxygens (including phenoxy) is 3. The molecule has 1 saturated heterocycles. The molecule has 3 amide bonds. The molecule has 0 bridgehead atoms. The number of benzene rings is 2. The highest BCUT2D eigenvalue weighted by atomic mass is 16.5. The van der Waals surface area contributed by atoms with Crippen molar-refractivity contribution in [2.45, 2.75) is 64.1 Å². The summed E-state index contributed by atoms with van der Waals surface area (Å²) in [5.74, 6) is -0.000554. The number of anilines is 1. The van der Waals surface area contributed by atoms with Crippen molar-refractivity contribution in [2.24, 2.45) is 5.73 Å². The van der Waals surface area contributed by atoms with E-state index in [0.29, 0.717) is 58.1 Å². The number of carbonyl (C=O) groups is 3. The number of nitrogens with zero attached hydrogens (tertiary/aromatic N) is 1. The highest BCUT2D eigenvalue weighted by molar-refractivity contribution is 6.06. The Labute approximate surface area is 241 Å². The Hall–Kier alpha value is -3.47. The van der Waals surface area contributed by atoms with E-state index in [-0.39, 0.29) is 24.3 Å². The lowest BCUT2D eigenvalue weighted by Gasteiger charge is -2.29. The van der Waals surface area contributed by atoms with Crippen molar-refractivity contribution in [1.82, 2.24) is 10.2 Å². The molecule has 0 aromatic heterocycles. The predicted octanol–water partition coefficient (Wildman–Crippen LogP) is 3.55. The third kappa shape index (κ3) is 8.76. The number of fused-ring (bicyclic) bond motifs is 1. The number of unbranched alkanes of at least 4 members (excludes halogenated alkanes) is 3. The third-order valence-corrected chi connectivity index (χ3v) is 7.35. The van der Waals surface area contributed by atoms with Gasteiger partial charge in [-0.05, 0) is 62.4 Å². The monoisotopic (exact) mass is 566 g/mol. The Kier molecular flexibility index (Phi) is 11.5. The Morgan fingerprint density at radius 1 is 0.976 bits per heavy atom. The zero-order valence-corrected chi connectivity index (χ0v) is 23.9. The van der Waals surface area contributed by atoms with Crippen LogP contribution in [0.3, 0.4) is 0 Å². The maximum Gasteiger partial charge on any atom is 0.255 e. The van der Waals surface area contributed by atoms with Gasteiger partial charge in [0, 0.05) is 49.0 Å². The van der Waals surface area contributed by atoms with Crippen LogP contribution in [0.25, 0.3) is 0 Å². The van der Waals surface area contributed by atoms with E-state index in [4.69, 9.17) is 19.9 Å². The van der Waals surface area contributed by atoms with E-state index >= 15 is 0 Å². The predicted molar refractivity (Wildman–Crippen MR) is 156 cm³/mol. The van der Waals surface area contributed by atoms with E-state index in [9.17, 15) is 14.4 Å². The Bertz CT molecular complexity index is 1190. The number of hydrogen-bond donors (Lipinski definition) is 3. The van der Waals surface area contributed by atoms with E-state index in [2.05, 4.69) is 10.6 Å². The van der Waals surface area contributed by atoms with Gasteiger partial charge in [-0.3, -0.25) is 19.7 Å². The average molecular weight is 567 g/mol. The van der Waals surface area contributed by atoms with Crippen molar-refractivity contribution >= 4 is 23.4 Å². The minimum atomic E-state index is -0.619. The number of hydrogen-bond acceptors (Lipinski definition) is 8. The first-order chi connectivity index (χ1) is 19.9. The normalized spacial score (nSPS) is 17.4. The lowest BCUT2D eigenvalue weighted by Crippen LogP contribution is -2.52. The second kappa shape index (κ2) is 15.5. The highest BCUT2D eigenvalue weighted by Crippen LogP contribution is 2.32. The first kappa shape index (κ1) is 30.5. The molecule has 4 N–H and O–H groups in total. The van der Waals surface area contributed by atoms with Crippen LogP contribution in [-0.2, 0) is 25.6 Å². The molecule has 2 heterocycles. The number of carbonyl (C=O) groups excluding carboxylic acids is 3. The van der Waals surface area contributed by atoms with Crippen LogP contribution in [0.2, 0.25) is 0 Å². The Morgan fingerprint density at radius 3 is 2.51 bits per heavy atom. The third-order valence-electron chi connectivity index (χ3n) is 7.35. The maximum absolute atomic E-state index is 12.9. The first-order valence-electron chi connectivity index (χ1n) is 14.6. The summed E-state index contributed by atoms with van der Waals surface area (Å²) in [6.45, 7) is 5.88. The summed E-state index contributed by atoms with van der Waals surface area (Å²) in [6.07, 6.45) is 4.80. The number of nitrogens with two attached hydrogens (primary N) is 1. The van der Waals surface area contributed by atoms with Gasteiger partial charge in [0.25, 0.3) is 5.91 Å². The van der Waals surface area contributed by atoms with Gasteiger partial charge in [0.15, 0.2) is 0 Å². The van der Waals surface area contributed by atoms with Gasteiger partial charge < -0.3 is 30.2 Å². The Morgan fingerprint density at radius 2 is 1.73 bits per heavy atom. The molecule has 10 nitrogen and oxygen atoms in total. The van der Waals surface area contributed by atoms with Gasteiger partial charge >= 0.3 is 0 Å². The molecule has 2 aromatic carbocycles. The number of amides is 3. The number of piperidine rings is 1. The van der Waals surface area contributed by atoms with Crippen molar-refractivity contribution < 1.29 is 28.6 Å². The van der Waals surface area contributed by atoms with E-state index in [0.717, 1.165) is 48.2 Å². The van der Waals surface area contributed by atoms with Crippen LogP contribution in [0.5, 0.6) is 5.75 Å². The van der Waals surface area contributed by atoms with Gasteiger partial charge in [-0.15, -0.1) is 0 Å².